The molecule has 0 saturated carbocycles. The first-order valence-electron chi connectivity index (χ1n) is 19.6. The largest absolute Gasteiger partial charge is 0.394 e. The van der Waals surface area contributed by atoms with Crippen LogP contribution in [0.1, 0.15) is 206 Å². The van der Waals surface area contributed by atoms with Gasteiger partial charge in [-0.2, -0.15) is 0 Å². The lowest BCUT2D eigenvalue weighted by atomic mass is 10.0. The van der Waals surface area contributed by atoms with Crippen LogP contribution < -0.4 is 5.32 Å². The van der Waals surface area contributed by atoms with Crippen LogP contribution in [-0.4, -0.2) is 34.9 Å². The summed E-state index contributed by atoms with van der Waals surface area (Å²) in [5.74, 6) is -0.0673. The molecule has 0 bridgehead atoms. The van der Waals surface area contributed by atoms with Crippen molar-refractivity contribution in [3.63, 3.8) is 0 Å². The lowest BCUT2D eigenvalue weighted by Crippen LogP contribution is -2.45. The van der Waals surface area contributed by atoms with Gasteiger partial charge in [0.05, 0.1) is 18.8 Å². The quantitative estimate of drug-likeness (QED) is 0.0488. The summed E-state index contributed by atoms with van der Waals surface area (Å²) in [6, 6.07) is -0.618. The number of aliphatic hydroxyl groups excluding tert-OH is 2. The summed E-state index contributed by atoms with van der Waals surface area (Å²) in [5.41, 5.74) is 0. The van der Waals surface area contributed by atoms with E-state index in [1.807, 2.05) is 6.08 Å². The Hall–Kier alpha value is -1.13. The number of hydrogen-bond donors (Lipinski definition) is 3. The van der Waals surface area contributed by atoms with Crippen LogP contribution in [0.4, 0.5) is 0 Å². The third kappa shape index (κ3) is 32.3. The molecule has 0 radical (unpaired) electrons. The highest BCUT2D eigenvalue weighted by Crippen LogP contribution is 2.14. The zero-order valence-electron chi connectivity index (χ0n) is 29.7. The van der Waals surface area contributed by atoms with E-state index in [0.29, 0.717) is 6.42 Å². The average molecular weight is 620 g/mol. The molecule has 1 amide bonds. The number of nitrogens with one attached hydrogen (secondary N) is 1. The van der Waals surface area contributed by atoms with E-state index in [1.165, 1.54) is 161 Å². The molecule has 4 heteroatoms. The van der Waals surface area contributed by atoms with E-state index in [0.717, 1.165) is 25.7 Å². The van der Waals surface area contributed by atoms with Gasteiger partial charge < -0.3 is 15.5 Å². The molecule has 0 aromatic rings. The van der Waals surface area contributed by atoms with Gasteiger partial charge in [-0.05, 0) is 44.9 Å². The number of carbonyl (C=O) groups is 1. The van der Waals surface area contributed by atoms with Crippen molar-refractivity contribution in [3.8, 4) is 0 Å². The maximum Gasteiger partial charge on any atom is 0.220 e. The van der Waals surface area contributed by atoms with Crippen LogP contribution in [0, 0.1) is 0 Å². The molecule has 0 heterocycles. The second kappa shape index (κ2) is 36.3. The highest BCUT2D eigenvalue weighted by atomic mass is 16.3. The highest BCUT2D eigenvalue weighted by Gasteiger charge is 2.17. The summed E-state index contributed by atoms with van der Waals surface area (Å²) in [6.45, 7) is 4.29. The Morgan fingerprint density at radius 2 is 0.864 bits per heavy atom. The Morgan fingerprint density at radius 1 is 0.523 bits per heavy atom. The van der Waals surface area contributed by atoms with Gasteiger partial charge in [0.1, 0.15) is 0 Å². The fraction of sp³-hybridized carbons (Fsp3) is 0.875. The standard InChI is InChI=1S/C40H77NO3/c1-3-5-7-9-11-13-15-16-17-18-19-20-21-22-23-24-26-28-30-32-34-36-40(44)41-38(37-42)39(43)35-33-31-29-27-25-14-12-10-8-6-4-2/h18-19,33,35,38-39,42-43H,3-17,20-32,34,36-37H2,1-2H3,(H,41,44)/b19-18-,35-33+. The zero-order chi connectivity index (χ0) is 32.2. The van der Waals surface area contributed by atoms with Crippen molar-refractivity contribution in [1.29, 1.82) is 0 Å². The third-order valence-corrected chi connectivity index (χ3v) is 8.93. The van der Waals surface area contributed by atoms with Gasteiger partial charge in [0, 0.05) is 6.42 Å². The van der Waals surface area contributed by atoms with Crippen LogP contribution in [0.3, 0.4) is 0 Å². The van der Waals surface area contributed by atoms with E-state index in [9.17, 15) is 15.0 Å². The summed E-state index contributed by atoms with van der Waals surface area (Å²) < 4.78 is 0. The van der Waals surface area contributed by atoms with Gasteiger partial charge in [0.25, 0.3) is 0 Å². The SMILES string of the molecule is CCCCCCCCCC/C=C\CCCCCCCCCCCC(=O)NC(CO)C(O)/C=C/CCCCCCCCCCC. The topological polar surface area (TPSA) is 69.6 Å². The normalized spacial score (nSPS) is 13.3. The molecule has 0 spiro atoms. The number of unbranched alkanes of at least 4 members (excludes halogenated alkanes) is 26. The second-order valence-corrected chi connectivity index (χ2v) is 13.3. The molecule has 2 atom stereocenters. The van der Waals surface area contributed by atoms with Crippen molar-refractivity contribution < 1.29 is 15.0 Å². The maximum atomic E-state index is 12.3. The first-order valence-corrected chi connectivity index (χ1v) is 19.6. The maximum absolute atomic E-state index is 12.3. The number of amides is 1. The third-order valence-electron chi connectivity index (χ3n) is 8.93. The molecule has 0 aliphatic heterocycles. The molecule has 0 aliphatic rings. The predicted octanol–water partition coefficient (Wildman–Crippen LogP) is 11.7. The summed E-state index contributed by atoms with van der Waals surface area (Å²) in [5, 5.41) is 22.9. The second-order valence-electron chi connectivity index (χ2n) is 13.3. The van der Waals surface area contributed by atoms with Gasteiger partial charge in [0.2, 0.25) is 5.91 Å². The predicted molar refractivity (Wildman–Crippen MR) is 193 cm³/mol. The van der Waals surface area contributed by atoms with Crippen molar-refractivity contribution in [2.45, 2.75) is 219 Å². The number of hydrogen-bond acceptors (Lipinski definition) is 3. The molecule has 0 rings (SSSR count). The Balaban J connectivity index is 3.55. The number of aliphatic hydroxyl groups is 2. The Morgan fingerprint density at radius 3 is 1.25 bits per heavy atom. The number of rotatable bonds is 35. The Kier molecular flexibility index (Phi) is 35.4. The van der Waals surface area contributed by atoms with Crippen LogP contribution >= 0.6 is 0 Å². The Bertz CT molecular complexity index is 632. The molecule has 0 saturated heterocycles. The van der Waals surface area contributed by atoms with E-state index in [-0.39, 0.29) is 12.5 Å². The number of allylic oxidation sites excluding steroid dienone is 3. The zero-order valence-corrected chi connectivity index (χ0v) is 29.7. The fourth-order valence-corrected chi connectivity index (χ4v) is 5.88. The summed E-state index contributed by atoms with van der Waals surface area (Å²) in [6.07, 6.45) is 45.5. The smallest absolute Gasteiger partial charge is 0.220 e. The van der Waals surface area contributed by atoms with Gasteiger partial charge in [-0.25, -0.2) is 0 Å². The van der Waals surface area contributed by atoms with E-state index in [2.05, 4.69) is 31.3 Å². The van der Waals surface area contributed by atoms with Crippen molar-refractivity contribution >= 4 is 5.91 Å². The van der Waals surface area contributed by atoms with Crippen LogP contribution in [0.15, 0.2) is 24.3 Å². The van der Waals surface area contributed by atoms with Crippen molar-refractivity contribution in [2.75, 3.05) is 6.61 Å². The van der Waals surface area contributed by atoms with Crippen LogP contribution in [0.2, 0.25) is 0 Å². The van der Waals surface area contributed by atoms with Gasteiger partial charge in [-0.15, -0.1) is 0 Å². The summed E-state index contributed by atoms with van der Waals surface area (Å²) in [4.78, 5) is 12.3. The molecule has 44 heavy (non-hydrogen) atoms. The molecule has 3 N–H and O–H groups in total. The summed E-state index contributed by atoms with van der Waals surface area (Å²) in [7, 11) is 0. The minimum Gasteiger partial charge on any atom is -0.394 e. The molecule has 0 fully saturated rings. The van der Waals surface area contributed by atoms with E-state index in [1.54, 1.807) is 6.08 Å². The minimum absolute atomic E-state index is 0.0673. The van der Waals surface area contributed by atoms with E-state index >= 15 is 0 Å². The molecule has 2 unspecified atom stereocenters. The van der Waals surface area contributed by atoms with Crippen molar-refractivity contribution in [2.24, 2.45) is 0 Å². The monoisotopic (exact) mass is 620 g/mol. The number of carbonyl (C=O) groups excluding carboxylic acids is 1. The molecule has 260 valence electrons. The summed E-state index contributed by atoms with van der Waals surface area (Å²) >= 11 is 0. The van der Waals surface area contributed by atoms with Gasteiger partial charge in [-0.3, -0.25) is 4.79 Å². The Labute approximate surface area is 275 Å². The fourth-order valence-electron chi connectivity index (χ4n) is 5.88. The van der Waals surface area contributed by atoms with E-state index in [4.69, 9.17) is 0 Å². The lowest BCUT2D eigenvalue weighted by molar-refractivity contribution is -0.123. The molecule has 0 aromatic carbocycles. The van der Waals surface area contributed by atoms with Gasteiger partial charge in [-0.1, -0.05) is 179 Å². The molecular formula is C40H77NO3. The van der Waals surface area contributed by atoms with Crippen molar-refractivity contribution in [1.82, 2.24) is 5.32 Å². The average Bonchev–Trinajstić information content (AvgIpc) is 3.03. The first kappa shape index (κ1) is 42.9. The molecule has 0 aliphatic carbocycles. The van der Waals surface area contributed by atoms with Crippen LogP contribution in [-0.2, 0) is 4.79 Å². The molecular weight excluding hydrogens is 542 g/mol. The molecule has 4 nitrogen and oxygen atoms in total. The van der Waals surface area contributed by atoms with Crippen molar-refractivity contribution in [3.05, 3.63) is 24.3 Å². The van der Waals surface area contributed by atoms with Crippen LogP contribution in [0.5, 0.6) is 0 Å². The molecule has 0 aromatic heterocycles. The van der Waals surface area contributed by atoms with Crippen LogP contribution in [0.25, 0.3) is 0 Å². The van der Waals surface area contributed by atoms with Gasteiger partial charge in [0.15, 0.2) is 0 Å². The first-order chi connectivity index (χ1) is 21.7. The highest BCUT2D eigenvalue weighted by molar-refractivity contribution is 5.76. The van der Waals surface area contributed by atoms with Gasteiger partial charge >= 0.3 is 0 Å². The lowest BCUT2D eigenvalue weighted by Gasteiger charge is -2.20. The van der Waals surface area contributed by atoms with E-state index < -0.39 is 12.1 Å². The minimum atomic E-state index is -0.835.